The third-order valence-corrected chi connectivity index (χ3v) is 2.39. The molecule has 0 saturated carbocycles. The lowest BCUT2D eigenvalue weighted by Gasteiger charge is -2.29. The highest BCUT2D eigenvalue weighted by atomic mass is 15.1. The van der Waals surface area contributed by atoms with Crippen LogP contribution in [0, 0.1) is 11.8 Å². The van der Waals surface area contributed by atoms with Crippen LogP contribution in [0.25, 0.3) is 0 Å². The van der Waals surface area contributed by atoms with Gasteiger partial charge in [-0.1, -0.05) is 20.3 Å². The molecule has 0 radical (unpaired) electrons. The van der Waals surface area contributed by atoms with Crippen LogP contribution in [0.3, 0.4) is 0 Å². The van der Waals surface area contributed by atoms with E-state index in [0.29, 0.717) is 0 Å². The minimum atomic E-state index is 0.837. The lowest BCUT2D eigenvalue weighted by molar-refractivity contribution is 0.200. The number of hydrogen-bond donors (Lipinski definition) is 0. The summed E-state index contributed by atoms with van der Waals surface area (Å²) in [7, 11) is 2.21. The summed E-state index contributed by atoms with van der Waals surface area (Å²) >= 11 is 0. The molecule has 14 heavy (non-hydrogen) atoms. The average molecular weight is 197 g/mol. The van der Waals surface area contributed by atoms with Crippen molar-refractivity contribution < 1.29 is 0 Å². The molecule has 0 N–H and O–H groups in total. The summed E-state index contributed by atoms with van der Waals surface area (Å²) < 4.78 is 0. The van der Waals surface area contributed by atoms with Crippen molar-refractivity contribution in [3.63, 3.8) is 0 Å². The topological polar surface area (TPSA) is 3.24 Å². The number of likely N-dealkylation sites (tertiary alicyclic amines) is 1. The Kier molecular flexibility index (Phi) is 14.3. The zero-order valence-electron chi connectivity index (χ0n) is 10.9. The number of hydrogen-bond acceptors (Lipinski definition) is 1. The molecule has 1 aliphatic rings. The Hall–Kier alpha value is -0.480. The summed E-state index contributed by atoms with van der Waals surface area (Å²) in [4.78, 5) is 2.43. The normalized spacial score (nSPS) is 20.3. The van der Waals surface area contributed by atoms with E-state index in [4.69, 9.17) is 0 Å². The van der Waals surface area contributed by atoms with Gasteiger partial charge in [0.15, 0.2) is 0 Å². The molecule has 1 fully saturated rings. The third-order valence-electron chi connectivity index (χ3n) is 2.39. The molecule has 84 valence electrons. The Balaban J connectivity index is 0. The van der Waals surface area contributed by atoms with Crippen LogP contribution in [0.15, 0.2) is 0 Å². The van der Waals surface area contributed by atoms with E-state index in [1.807, 2.05) is 27.7 Å². The summed E-state index contributed by atoms with van der Waals surface area (Å²) in [5, 5.41) is 0. The molecule has 1 unspecified atom stereocenters. The molecule has 0 spiro atoms. The van der Waals surface area contributed by atoms with Gasteiger partial charge in [-0.05, 0) is 47.2 Å². The second-order valence-electron chi connectivity index (χ2n) is 3.33. The van der Waals surface area contributed by atoms with Crippen molar-refractivity contribution >= 4 is 0 Å². The van der Waals surface area contributed by atoms with Crippen LogP contribution in [-0.2, 0) is 0 Å². The highest BCUT2D eigenvalue weighted by molar-refractivity contribution is 4.89. The molecular formula is C13H27N. The standard InChI is InChI=1S/C7H15N.C4H6.C2H6/c1-7-5-3-4-6-8(7)2;1-3-4-2;1-2/h7H,3-6H2,1-2H3;1-2H3;1-2H3. The largest absolute Gasteiger partial charge is 0.304 e. The molecule has 0 aromatic carbocycles. The highest BCUT2D eigenvalue weighted by Crippen LogP contribution is 2.13. The zero-order valence-corrected chi connectivity index (χ0v) is 10.9. The average Bonchev–Trinajstić information content (AvgIpc) is 2.26. The van der Waals surface area contributed by atoms with Gasteiger partial charge in [0, 0.05) is 6.04 Å². The minimum Gasteiger partial charge on any atom is -0.304 e. The summed E-state index contributed by atoms with van der Waals surface area (Å²) in [5.41, 5.74) is 0. The predicted molar refractivity (Wildman–Crippen MR) is 66.4 cm³/mol. The first-order valence-electron chi connectivity index (χ1n) is 5.76. The lowest BCUT2D eigenvalue weighted by atomic mass is 10.1. The summed E-state index contributed by atoms with van der Waals surface area (Å²) in [6.07, 6.45) is 4.24. The first-order chi connectivity index (χ1) is 6.72. The van der Waals surface area contributed by atoms with E-state index < -0.39 is 0 Å². The van der Waals surface area contributed by atoms with Crippen LogP contribution in [0.4, 0.5) is 0 Å². The zero-order chi connectivity index (χ0) is 11.4. The first kappa shape index (κ1) is 16.0. The molecule has 1 atom stereocenters. The van der Waals surface area contributed by atoms with E-state index in [1.165, 1.54) is 25.8 Å². The van der Waals surface area contributed by atoms with E-state index in [2.05, 4.69) is 30.7 Å². The van der Waals surface area contributed by atoms with Crippen molar-refractivity contribution in [3.05, 3.63) is 0 Å². The number of nitrogens with zero attached hydrogens (tertiary/aromatic N) is 1. The van der Waals surface area contributed by atoms with Crippen LogP contribution >= 0.6 is 0 Å². The second kappa shape index (κ2) is 12.5. The molecule has 0 aromatic rings. The maximum absolute atomic E-state index is 2.68. The maximum Gasteiger partial charge on any atom is 0.00638 e. The fourth-order valence-corrected chi connectivity index (χ4v) is 1.24. The van der Waals surface area contributed by atoms with E-state index >= 15 is 0 Å². The summed E-state index contributed by atoms with van der Waals surface area (Å²) in [5.74, 6) is 5.36. The van der Waals surface area contributed by atoms with Gasteiger partial charge < -0.3 is 4.90 Å². The predicted octanol–water partition coefficient (Wildman–Crippen LogP) is 3.55. The van der Waals surface area contributed by atoms with E-state index in [1.54, 1.807) is 0 Å². The van der Waals surface area contributed by atoms with Gasteiger partial charge in [0.2, 0.25) is 0 Å². The molecule has 1 rings (SSSR count). The Bertz CT molecular complexity index is 136. The van der Waals surface area contributed by atoms with E-state index in [-0.39, 0.29) is 0 Å². The van der Waals surface area contributed by atoms with Gasteiger partial charge in [-0.15, -0.1) is 11.8 Å². The van der Waals surface area contributed by atoms with Crippen LogP contribution in [0.1, 0.15) is 53.9 Å². The van der Waals surface area contributed by atoms with E-state index in [0.717, 1.165) is 6.04 Å². The van der Waals surface area contributed by atoms with Gasteiger partial charge in [0.1, 0.15) is 0 Å². The summed E-state index contributed by atoms with van der Waals surface area (Å²) in [6.45, 7) is 11.3. The SMILES string of the molecule is CC.CC#CC.CC1CCCCN1C. The monoisotopic (exact) mass is 197 g/mol. The molecule has 1 heteroatoms. The highest BCUT2D eigenvalue weighted by Gasteiger charge is 2.12. The molecule has 1 aliphatic heterocycles. The molecule has 1 heterocycles. The Morgan fingerprint density at radius 3 is 1.79 bits per heavy atom. The summed E-state index contributed by atoms with van der Waals surface area (Å²) in [6, 6.07) is 0.837. The number of piperidine rings is 1. The minimum absolute atomic E-state index is 0.837. The van der Waals surface area contributed by atoms with Gasteiger partial charge in [-0.2, -0.15) is 0 Å². The van der Waals surface area contributed by atoms with Crippen molar-refractivity contribution in [1.82, 2.24) is 4.90 Å². The molecule has 0 aromatic heterocycles. The van der Waals surface area contributed by atoms with Gasteiger partial charge in [-0.25, -0.2) is 0 Å². The van der Waals surface area contributed by atoms with Crippen molar-refractivity contribution in [1.29, 1.82) is 0 Å². The smallest absolute Gasteiger partial charge is 0.00638 e. The van der Waals surface area contributed by atoms with Crippen LogP contribution in [-0.4, -0.2) is 24.5 Å². The van der Waals surface area contributed by atoms with E-state index in [9.17, 15) is 0 Å². The van der Waals surface area contributed by atoms with Crippen LogP contribution in [0.2, 0.25) is 0 Å². The molecule has 1 saturated heterocycles. The lowest BCUT2D eigenvalue weighted by Crippen LogP contribution is -2.33. The first-order valence-corrected chi connectivity index (χ1v) is 5.76. The van der Waals surface area contributed by atoms with Crippen molar-refractivity contribution in [2.75, 3.05) is 13.6 Å². The molecule has 0 amide bonds. The maximum atomic E-state index is 2.68. The fourth-order valence-electron chi connectivity index (χ4n) is 1.24. The van der Waals surface area contributed by atoms with Gasteiger partial charge >= 0.3 is 0 Å². The molecular weight excluding hydrogens is 170 g/mol. The Morgan fingerprint density at radius 2 is 1.57 bits per heavy atom. The van der Waals surface area contributed by atoms with Crippen molar-refractivity contribution in [2.24, 2.45) is 0 Å². The second-order valence-corrected chi connectivity index (χ2v) is 3.33. The van der Waals surface area contributed by atoms with Gasteiger partial charge in [0.05, 0.1) is 0 Å². The quantitative estimate of drug-likeness (QED) is 0.537. The molecule has 0 aliphatic carbocycles. The van der Waals surface area contributed by atoms with Crippen LogP contribution in [0.5, 0.6) is 0 Å². The third kappa shape index (κ3) is 9.61. The Morgan fingerprint density at radius 1 is 1.07 bits per heavy atom. The van der Waals surface area contributed by atoms with Crippen LogP contribution < -0.4 is 0 Å². The van der Waals surface area contributed by atoms with Crippen molar-refractivity contribution in [3.8, 4) is 11.8 Å². The van der Waals surface area contributed by atoms with Gasteiger partial charge in [-0.3, -0.25) is 0 Å². The molecule has 1 nitrogen and oxygen atoms in total. The van der Waals surface area contributed by atoms with Crippen molar-refractivity contribution in [2.45, 2.75) is 59.9 Å². The molecule has 0 bridgehead atoms. The fraction of sp³-hybridized carbons (Fsp3) is 0.846. The Labute approximate surface area is 90.9 Å². The number of rotatable bonds is 0. The van der Waals surface area contributed by atoms with Gasteiger partial charge in [0.25, 0.3) is 0 Å².